The molecule has 0 amide bonds. The third-order valence-corrected chi connectivity index (χ3v) is 2.14. The third kappa shape index (κ3) is 2.64. The molecule has 2 nitrogen and oxygen atoms in total. The van der Waals surface area contributed by atoms with Gasteiger partial charge in [-0.25, -0.2) is 0 Å². The summed E-state index contributed by atoms with van der Waals surface area (Å²) in [6.45, 7) is 2.63. The zero-order valence-electron chi connectivity index (χ0n) is 7.91. The van der Waals surface area contributed by atoms with Gasteiger partial charge in [-0.1, -0.05) is 13.0 Å². The van der Waals surface area contributed by atoms with E-state index in [9.17, 15) is 0 Å². The van der Waals surface area contributed by atoms with Crippen LogP contribution in [-0.4, -0.2) is 7.11 Å². The van der Waals surface area contributed by atoms with Crippen LogP contribution >= 0.6 is 12.9 Å². The quantitative estimate of drug-likeness (QED) is 0.592. The van der Waals surface area contributed by atoms with Gasteiger partial charge in [0.05, 0.1) is 13.7 Å². The number of hydrogen-bond donors (Lipinski definition) is 1. The molecule has 0 aromatic heterocycles. The van der Waals surface area contributed by atoms with E-state index in [4.69, 9.17) is 8.92 Å². The lowest BCUT2D eigenvalue weighted by Gasteiger charge is -2.08. The lowest BCUT2D eigenvalue weighted by Crippen LogP contribution is -1.94. The zero-order chi connectivity index (χ0) is 9.68. The van der Waals surface area contributed by atoms with E-state index >= 15 is 0 Å². The highest BCUT2D eigenvalue weighted by Crippen LogP contribution is 2.19. The highest BCUT2D eigenvalue weighted by atomic mass is 32.1. The molecule has 1 rings (SSSR count). The van der Waals surface area contributed by atoms with E-state index in [0.717, 1.165) is 17.7 Å². The minimum absolute atomic E-state index is 0.517. The van der Waals surface area contributed by atoms with Crippen molar-refractivity contribution >= 4 is 12.9 Å². The topological polar surface area (TPSA) is 18.5 Å². The van der Waals surface area contributed by atoms with E-state index in [1.165, 1.54) is 5.56 Å². The summed E-state index contributed by atoms with van der Waals surface area (Å²) in [5, 5.41) is 0. The Bertz CT molecular complexity index is 274. The van der Waals surface area contributed by atoms with Crippen molar-refractivity contribution in [3.8, 4) is 5.75 Å². The molecule has 0 aliphatic heterocycles. The summed E-state index contributed by atoms with van der Waals surface area (Å²) in [5.41, 5.74) is 2.41. The monoisotopic (exact) mass is 198 g/mol. The molecule has 1 aromatic carbocycles. The summed E-state index contributed by atoms with van der Waals surface area (Å²) in [5.74, 6) is 0.859. The van der Waals surface area contributed by atoms with Gasteiger partial charge < -0.3 is 8.92 Å². The van der Waals surface area contributed by atoms with Crippen molar-refractivity contribution in [1.82, 2.24) is 0 Å². The van der Waals surface area contributed by atoms with Gasteiger partial charge >= 0.3 is 0 Å². The largest absolute Gasteiger partial charge is 0.497 e. The first-order valence-electron chi connectivity index (χ1n) is 4.24. The van der Waals surface area contributed by atoms with Gasteiger partial charge in [0.1, 0.15) is 5.75 Å². The predicted octanol–water partition coefficient (Wildman–Crippen LogP) is 2.62. The summed E-state index contributed by atoms with van der Waals surface area (Å²) in [6, 6.07) is 6.00. The summed E-state index contributed by atoms with van der Waals surface area (Å²) in [7, 11) is 1.66. The maximum absolute atomic E-state index is 5.12. The molecule has 13 heavy (non-hydrogen) atoms. The van der Waals surface area contributed by atoms with Crippen molar-refractivity contribution < 1.29 is 8.92 Å². The molecule has 0 N–H and O–H groups in total. The summed E-state index contributed by atoms with van der Waals surface area (Å²) < 4.78 is 9.93. The number of benzene rings is 1. The van der Waals surface area contributed by atoms with Crippen LogP contribution in [0.2, 0.25) is 0 Å². The van der Waals surface area contributed by atoms with Crippen LogP contribution < -0.4 is 4.74 Å². The smallest absolute Gasteiger partial charge is 0.119 e. The van der Waals surface area contributed by atoms with Gasteiger partial charge in [0.15, 0.2) is 0 Å². The lowest BCUT2D eigenvalue weighted by atomic mass is 10.1. The first-order chi connectivity index (χ1) is 6.31. The van der Waals surface area contributed by atoms with E-state index in [2.05, 4.69) is 25.9 Å². The molecule has 3 heteroatoms. The zero-order valence-corrected chi connectivity index (χ0v) is 8.80. The molecule has 0 saturated carbocycles. The van der Waals surface area contributed by atoms with Crippen molar-refractivity contribution in [2.75, 3.05) is 7.11 Å². The summed E-state index contributed by atoms with van der Waals surface area (Å²) in [6.07, 6.45) is 0.996. The minimum Gasteiger partial charge on any atom is -0.497 e. The van der Waals surface area contributed by atoms with E-state index in [0.29, 0.717) is 6.61 Å². The Morgan fingerprint density at radius 1 is 1.31 bits per heavy atom. The second kappa shape index (κ2) is 5.14. The molecule has 0 atom stereocenters. The molecule has 1 aromatic rings. The number of aryl methyl sites for hydroxylation is 1. The molecule has 72 valence electrons. The van der Waals surface area contributed by atoms with E-state index in [1.807, 2.05) is 12.1 Å². The van der Waals surface area contributed by atoms with Gasteiger partial charge in [0.2, 0.25) is 0 Å². The maximum Gasteiger partial charge on any atom is 0.119 e. The van der Waals surface area contributed by atoms with E-state index in [1.54, 1.807) is 7.11 Å². The van der Waals surface area contributed by atoms with Crippen LogP contribution in [0.4, 0.5) is 0 Å². The Morgan fingerprint density at radius 2 is 2.08 bits per heavy atom. The van der Waals surface area contributed by atoms with Gasteiger partial charge in [0.25, 0.3) is 0 Å². The molecule has 0 fully saturated rings. The summed E-state index contributed by atoms with van der Waals surface area (Å²) >= 11 is 3.74. The fraction of sp³-hybridized carbons (Fsp3) is 0.400. The maximum atomic E-state index is 5.12. The van der Waals surface area contributed by atoms with Gasteiger partial charge in [0, 0.05) is 0 Å². The number of ether oxygens (including phenoxy) is 1. The number of thiol groups is 1. The summed E-state index contributed by atoms with van der Waals surface area (Å²) in [4.78, 5) is 0. The van der Waals surface area contributed by atoms with Crippen molar-refractivity contribution in [2.24, 2.45) is 0 Å². The van der Waals surface area contributed by atoms with Gasteiger partial charge in [-0.3, -0.25) is 0 Å². The Hall–Kier alpha value is -0.670. The van der Waals surface area contributed by atoms with Crippen LogP contribution in [0, 0.1) is 0 Å². The minimum atomic E-state index is 0.517. The SMILES string of the molecule is CCc1ccc(OC)cc1COS. The molecule has 0 unspecified atom stereocenters. The highest BCUT2D eigenvalue weighted by Gasteiger charge is 2.02. The van der Waals surface area contributed by atoms with Crippen LogP contribution in [0.1, 0.15) is 18.1 Å². The molecule has 0 spiro atoms. The third-order valence-electron chi connectivity index (χ3n) is 2.01. The second-order valence-electron chi connectivity index (χ2n) is 2.76. The number of methoxy groups -OCH3 is 1. The molecule has 0 saturated heterocycles. The highest BCUT2D eigenvalue weighted by molar-refractivity contribution is 7.75. The van der Waals surface area contributed by atoms with Crippen LogP contribution in [0.3, 0.4) is 0 Å². The Balaban J connectivity index is 2.95. The fourth-order valence-corrected chi connectivity index (χ4v) is 1.42. The standard InChI is InChI=1S/C10H14O2S/c1-3-8-4-5-10(11-2)6-9(8)7-12-13/h4-6,13H,3,7H2,1-2H3. The van der Waals surface area contributed by atoms with Crippen molar-refractivity contribution in [3.05, 3.63) is 29.3 Å². The Kier molecular flexibility index (Phi) is 4.12. The molecule has 0 aliphatic carbocycles. The van der Waals surface area contributed by atoms with Crippen LogP contribution in [0.5, 0.6) is 5.75 Å². The first kappa shape index (κ1) is 10.4. The number of hydrogen-bond acceptors (Lipinski definition) is 3. The average Bonchev–Trinajstić information content (AvgIpc) is 2.18. The molecule has 0 heterocycles. The van der Waals surface area contributed by atoms with Crippen LogP contribution in [-0.2, 0) is 17.2 Å². The first-order valence-corrected chi connectivity index (χ1v) is 4.60. The van der Waals surface area contributed by atoms with Crippen molar-refractivity contribution in [3.63, 3.8) is 0 Å². The van der Waals surface area contributed by atoms with Gasteiger partial charge in [-0.15, -0.1) is 0 Å². The fourth-order valence-electron chi connectivity index (χ4n) is 1.28. The second-order valence-corrected chi connectivity index (χ2v) is 3.02. The Labute approximate surface area is 84.5 Å². The lowest BCUT2D eigenvalue weighted by molar-refractivity contribution is 0.367. The van der Waals surface area contributed by atoms with Crippen molar-refractivity contribution in [1.29, 1.82) is 0 Å². The van der Waals surface area contributed by atoms with Crippen molar-refractivity contribution in [2.45, 2.75) is 20.0 Å². The number of rotatable bonds is 4. The van der Waals surface area contributed by atoms with E-state index in [-0.39, 0.29) is 0 Å². The van der Waals surface area contributed by atoms with E-state index < -0.39 is 0 Å². The predicted molar refractivity (Wildman–Crippen MR) is 56.1 cm³/mol. The molecule has 0 bridgehead atoms. The van der Waals surface area contributed by atoms with Gasteiger partial charge in [-0.2, -0.15) is 0 Å². The average molecular weight is 198 g/mol. The van der Waals surface area contributed by atoms with Gasteiger partial charge in [-0.05, 0) is 42.6 Å². The molecular formula is C10H14O2S. The molecular weight excluding hydrogens is 184 g/mol. The Morgan fingerprint density at radius 3 is 2.62 bits per heavy atom. The van der Waals surface area contributed by atoms with Crippen LogP contribution in [0.15, 0.2) is 18.2 Å². The molecule has 0 radical (unpaired) electrons. The van der Waals surface area contributed by atoms with Crippen LogP contribution in [0.25, 0.3) is 0 Å². The molecule has 0 aliphatic rings. The normalized spacial score (nSPS) is 10.1.